The van der Waals surface area contributed by atoms with E-state index in [2.05, 4.69) is 9.68 Å². The Bertz CT molecular complexity index is 249. The fraction of sp³-hybridized carbons (Fsp3) is 1.00. The van der Waals surface area contributed by atoms with Crippen LogP contribution in [0.3, 0.4) is 0 Å². The van der Waals surface area contributed by atoms with Crippen LogP contribution in [0.2, 0.25) is 0 Å². The minimum Gasteiger partial charge on any atom is -0.314 e. The zero-order valence-electron chi connectivity index (χ0n) is 12.0. The van der Waals surface area contributed by atoms with Crippen LogP contribution in [-0.4, -0.2) is 22.9 Å². The van der Waals surface area contributed by atoms with Gasteiger partial charge < -0.3 is 9.68 Å². The van der Waals surface area contributed by atoms with Crippen LogP contribution < -0.4 is 0 Å². The van der Waals surface area contributed by atoms with Gasteiger partial charge in [0.1, 0.15) is 6.10 Å². The van der Waals surface area contributed by atoms with Crippen LogP contribution in [0.25, 0.3) is 0 Å². The summed E-state index contributed by atoms with van der Waals surface area (Å²) in [7, 11) is 0. The minimum absolute atomic E-state index is 0.223. The Hall–Kier alpha value is -1.60. The van der Waals surface area contributed by atoms with Crippen LogP contribution in [0.1, 0.15) is 53.4 Å². The number of rotatable bonds is 9. The van der Waals surface area contributed by atoms with Crippen molar-refractivity contribution in [1.82, 2.24) is 0 Å². The SMILES string of the molecule is CCCC(C)CO[N+](=O)[O-].CCCC(C)O[N+](=O)[O-]. The highest BCUT2D eigenvalue weighted by Crippen LogP contribution is 2.04. The second-order valence-electron chi connectivity index (χ2n) is 4.34. The van der Waals surface area contributed by atoms with E-state index in [0.717, 1.165) is 25.7 Å². The highest BCUT2D eigenvalue weighted by molar-refractivity contribution is 4.46. The van der Waals surface area contributed by atoms with E-state index in [4.69, 9.17) is 0 Å². The maximum Gasteiger partial charge on any atom is 0.294 e. The summed E-state index contributed by atoms with van der Waals surface area (Å²) in [5.74, 6) is 0.287. The molecule has 0 aliphatic heterocycles. The van der Waals surface area contributed by atoms with Crippen molar-refractivity contribution in [2.45, 2.75) is 59.5 Å². The van der Waals surface area contributed by atoms with Crippen LogP contribution in [-0.2, 0) is 9.68 Å². The van der Waals surface area contributed by atoms with Gasteiger partial charge in [0.2, 0.25) is 0 Å². The van der Waals surface area contributed by atoms with E-state index in [1.807, 2.05) is 20.8 Å². The van der Waals surface area contributed by atoms with E-state index in [-0.39, 0.29) is 18.6 Å². The van der Waals surface area contributed by atoms with Gasteiger partial charge >= 0.3 is 0 Å². The lowest BCUT2D eigenvalue weighted by molar-refractivity contribution is -0.767. The Balaban J connectivity index is 0. The highest BCUT2D eigenvalue weighted by Gasteiger charge is 2.03. The lowest BCUT2D eigenvalue weighted by Crippen LogP contribution is -2.12. The molecule has 2 atom stereocenters. The fourth-order valence-electron chi connectivity index (χ4n) is 1.37. The Kier molecular flexibility index (Phi) is 13.3. The van der Waals surface area contributed by atoms with Crippen molar-refractivity contribution < 1.29 is 19.8 Å². The molecule has 0 aromatic carbocycles. The normalized spacial score (nSPS) is 12.6. The van der Waals surface area contributed by atoms with Crippen molar-refractivity contribution in [2.24, 2.45) is 5.92 Å². The van der Waals surface area contributed by atoms with Gasteiger partial charge in [-0.05, 0) is 25.7 Å². The summed E-state index contributed by atoms with van der Waals surface area (Å²) in [5, 5.41) is 17.9. The molecule has 0 saturated carbocycles. The first-order valence-corrected chi connectivity index (χ1v) is 6.41. The largest absolute Gasteiger partial charge is 0.314 e. The first kappa shape index (κ1) is 19.7. The van der Waals surface area contributed by atoms with Crippen LogP contribution in [0, 0.1) is 26.1 Å². The third kappa shape index (κ3) is 18.9. The summed E-state index contributed by atoms with van der Waals surface area (Å²) in [6.07, 6.45) is 3.41. The van der Waals surface area contributed by atoms with Gasteiger partial charge in [0, 0.05) is 0 Å². The predicted molar refractivity (Wildman–Crippen MR) is 69.5 cm³/mol. The molecule has 0 rings (SSSR count). The molecule has 0 N–H and O–H groups in total. The summed E-state index contributed by atoms with van der Waals surface area (Å²) in [4.78, 5) is 27.8. The molecule has 0 aromatic rings. The first-order valence-electron chi connectivity index (χ1n) is 6.41. The smallest absolute Gasteiger partial charge is 0.294 e. The third-order valence-corrected chi connectivity index (χ3v) is 2.21. The molecule has 0 spiro atoms. The highest BCUT2D eigenvalue weighted by atomic mass is 17.0. The maximum atomic E-state index is 9.69. The van der Waals surface area contributed by atoms with Gasteiger partial charge in [-0.25, -0.2) is 0 Å². The first-order chi connectivity index (χ1) is 8.83. The van der Waals surface area contributed by atoms with Crippen LogP contribution >= 0.6 is 0 Å². The fourth-order valence-corrected chi connectivity index (χ4v) is 1.37. The van der Waals surface area contributed by atoms with Crippen molar-refractivity contribution in [1.29, 1.82) is 0 Å². The lowest BCUT2D eigenvalue weighted by Gasteiger charge is -2.06. The average Bonchev–Trinajstić information content (AvgIpc) is 2.27. The molecule has 0 saturated heterocycles. The van der Waals surface area contributed by atoms with E-state index in [0.29, 0.717) is 0 Å². The molecule has 8 heteroatoms. The Labute approximate surface area is 113 Å². The molecule has 0 amide bonds. The molecule has 0 bridgehead atoms. The quantitative estimate of drug-likeness (QED) is 0.475. The minimum atomic E-state index is -0.750. The van der Waals surface area contributed by atoms with Crippen molar-refractivity contribution >= 4 is 0 Å². The Morgan fingerprint density at radius 2 is 1.53 bits per heavy atom. The standard InChI is InChI=1S/C6H13NO3.C5H11NO3/c1-3-4-6(2)5-10-7(8)9;1-3-4-5(2)9-6(7)8/h6H,3-5H2,1-2H3;5H,3-4H2,1-2H3. The second kappa shape index (κ2) is 12.8. The summed E-state index contributed by atoms with van der Waals surface area (Å²) in [6, 6.07) is 0. The van der Waals surface area contributed by atoms with E-state index in [1.165, 1.54) is 0 Å². The molecule has 8 nitrogen and oxygen atoms in total. The molecule has 0 aromatic heterocycles. The summed E-state index contributed by atoms with van der Waals surface area (Å²) >= 11 is 0. The summed E-state index contributed by atoms with van der Waals surface area (Å²) in [5.41, 5.74) is 0. The van der Waals surface area contributed by atoms with Gasteiger partial charge in [-0.2, -0.15) is 0 Å². The molecule has 114 valence electrons. The molecule has 0 heterocycles. The van der Waals surface area contributed by atoms with E-state index < -0.39 is 10.2 Å². The van der Waals surface area contributed by atoms with Crippen LogP contribution in [0.15, 0.2) is 0 Å². The second-order valence-corrected chi connectivity index (χ2v) is 4.34. The van der Waals surface area contributed by atoms with Gasteiger partial charge in [0.05, 0.1) is 6.61 Å². The topological polar surface area (TPSA) is 105 Å². The van der Waals surface area contributed by atoms with Gasteiger partial charge in [-0.3, -0.25) is 0 Å². The molecule has 2 unspecified atom stereocenters. The predicted octanol–water partition coefficient (Wildman–Crippen LogP) is 3.01. The van der Waals surface area contributed by atoms with Gasteiger partial charge in [0.15, 0.2) is 0 Å². The average molecular weight is 280 g/mol. The van der Waals surface area contributed by atoms with Crippen molar-refractivity contribution in [3.8, 4) is 0 Å². The zero-order valence-corrected chi connectivity index (χ0v) is 12.0. The summed E-state index contributed by atoms with van der Waals surface area (Å²) in [6.45, 7) is 7.85. The van der Waals surface area contributed by atoms with Gasteiger partial charge in [-0.15, -0.1) is 20.2 Å². The number of hydrogen-bond donors (Lipinski definition) is 0. The van der Waals surface area contributed by atoms with Crippen molar-refractivity contribution in [2.75, 3.05) is 6.61 Å². The van der Waals surface area contributed by atoms with E-state index >= 15 is 0 Å². The van der Waals surface area contributed by atoms with Crippen LogP contribution in [0.4, 0.5) is 0 Å². The van der Waals surface area contributed by atoms with Gasteiger partial charge in [-0.1, -0.05) is 33.6 Å². The molecular weight excluding hydrogens is 256 g/mol. The van der Waals surface area contributed by atoms with Crippen molar-refractivity contribution in [3.63, 3.8) is 0 Å². The van der Waals surface area contributed by atoms with E-state index in [1.54, 1.807) is 6.92 Å². The third-order valence-electron chi connectivity index (χ3n) is 2.21. The number of nitrogens with zero attached hydrogens (tertiary/aromatic N) is 2. The van der Waals surface area contributed by atoms with Crippen LogP contribution in [0.5, 0.6) is 0 Å². The molecule has 0 aliphatic carbocycles. The van der Waals surface area contributed by atoms with E-state index in [9.17, 15) is 20.2 Å². The zero-order chi connectivity index (χ0) is 15.3. The molecule has 0 aliphatic rings. The number of hydrogen-bond acceptors (Lipinski definition) is 6. The van der Waals surface area contributed by atoms with Gasteiger partial charge in [0.25, 0.3) is 10.2 Å². The lowest BCUT2D eigenvalue weighted by atomic mass is 10.1. The molecular formula is C11H24N2O6. The molecule has 0 radical (unpaired) electrons. The Morgan fingerprint density at radius 3 is 1.89 bits per heavy atom. The molecule has 0 fully saturated rings. The van der Waals surface area contributed by atoms with Crippen molar-refractivity contribution in [3.05, 3.63) is 20.2 Å². The maximum absolute atomic E-state index is 9.69. The molecule has 19 heavy (non-hydrogen) atoms. The summed E-state index contributed by atoms with van der Waals surface area (Å²) < 4.78 is 0. The Morgan fingerprint density at radius 1 is 1.00 bits per heavy atom. The monoisotopic (exact) mass is 280 g/mol.